The third-order valence-electron chi connectivity index (χ3n) is 5.86. The topological polar surface area (TPSA) is 78.5 Å². The predicted molar refractivity (Wildman–Crippen MR) is 133 cm³/mol. The van der Waals surface area contributed by atoms with E-state index in [9.17, 15) is 9.59 Å². The molecule has 0 amide bonds. The summed E-state index contributed by atoms with van der Waals surface area (Å²) in [6.07, 6.45) is 2.23. The standard InChI is InChI=1S/C28H22N4O3/c1-19-6-8-20(9-7-19)4-3-5-21-12-15-25-24(16-21)26(33)31(28-30-29-18-32(25)28)17-22-10-13-23(14-11-22)27(34)35-2/h6-16,18H,4,17H2,1-2H3. The Balaban J connectivity index is 1.51. The molecule has 2 aromatic heterocycles. The fraction of sp³-hybridized carbons (Fsp3) is 0.143. The molecule has 35 heavy (non-hydrogen) atoms. The lowest BCUT2D eigenvalue weighted by atomic mass is 10.1. The predicted octanol–water partition coefficient (Wildman–Crippen LogP) is 3.78. The van der Waals surface area contributed by atoms with Crippen molar-refractivity contribution in [2.45, 2.75) is 19.9 Å². The summed E-state index contributed by atoms with van der Waals surface area (Å²) < 4.78 is 8.12. The molecule has 7 nitrogen and oxygen atoms in total. The minimum absolute atomic E-state index is 0.181. The number of hydrogen-bond donors (Lipinski definition) is 0. The first-order chi connectivity index (χ1) is 17.0. The quantitative estimate of drug-likeness (QED) is 0.300. The second kappa shape index (κ2) is 9.27. The second-order valence-electron chi connectivity index (χ2n) is 8.28. The Bertz CT molecular complexity index is 1670. The van der Waals surface area contributed by atoms with E-state index in [2.05, 4.69) is 53.2 Å². The maximum Gasteiger partial charge on any atom is 0.337 e. The van der Waals surface area contributed by atoms with Gasteiger partial charge in [0.25, 0.3) is 5.56 Å². The monoisotopic (exact) mass is 462 g/mol. The molecule has 0 aliphatic rings. The zero-order valence-electron chi connectivity index (χ0n) is 19.4. The van der Waals surface area contributed by atoms with E-state index in [1.165, 1.54) is 12.7 Å². The molecule has 5 aromatic rings. The number of benzene rings is 3. The lowest BCUT2D eigenvalue weighted by Gasteiger charge is -2.11. The van der Waals surface area contributed by atoms with E-state index in [4.69, 9.17) is 4.74 Å². The van der Waals surface area contributed by atoms with Crippen LogP contribution in [-0.2, 0) is 17.7 Å². The van der Waals surface area contributed by atoms with Gasteiger partial charge in [-0.15, -0.1) is 10.2 Å². The van der Waals surface area contributed by atoms with Crippen LogP contribution in [0.15, 0.2) is 77.9 Å². The Morgan fingerprint density at radius 1 is 1.00 bits per heavy atom. The minimum Gasteiger partial charge on any atom is -0.465 e. The molecule has 0 saturated carbocycles. The summed E-state index contributed by atoms with van der Waals surface area (Å²) >= 11 is 0. The number of esters is 1. The average Bonchev–Trinajstić information content (AvgIpc) is 3.37. The van der Waals surface area contributed by atoms with Gasteiger partial charge >= 0.3 is 5.97 Å². The van der Waals surface area contributed by atoms with Crippen molar-refractivity contribution in [1.29, 1.82) is 0 Å². The van der Waals surface area contributed by atoms with Crippen molar-refractivity contribution < 1.29 is 9.53 Å². The van der Waals surface area contributed by atoms with E-state index >= 15 is 0 Å². The lowest BCUT2D eigenvalue weighted by molar-refractivity contribution is 0.0600. The molecule has 3 aromatic carbocycles. The van der Waals surface area contributed by atoms with Crippen LogP contribution in [0.1, 0.15) is 32.6 Å². The Hall–Kier alpha value is -4.70. The second-order valence-corrected chi connectivity index (χ2v) is 8.28. The summed E-state index contributed by atoms with van der Waals surface area (Å²) in [5.74, 6) is 6.41. The number of hydrogen-bond acceptors (Lipinski definition) is 5. The molecule has 0 bridgehead atoms. The van der Waals surface area contributed by atoms with Crippen molar-refractivity contribution in [1.82, 2.24) is 19.2 Å². The molecule has 0 atom stereocenters. The molecule has 0 saturated heterocycles. The molecular formula is C28H22N4O3. The highest BCUT2D eigenvalue weighted by atomic mass is 16.5. The zero-order chi connectivity index (χ0) is 24.4. The van der Waals surface area contributed by atoms with Crippen molar-refractivity contribution in [3.63, 3.8) is 0 Å². The van der Waals surface area contributed by atoms with Gasteiger partial charge in [0.15, 0.2) is 0 Å². The number of aryl methyl sites for hydroxylation is 1. The highest BCUT2D eigenvalue weighted by molar-refractivity contribution is 5.89. The van der Waals surface area contributed by atoms with Crippen LogP contribution in [0.3, 0.4) is 0 Å². The lowest BCUT2D eigenvalue weighted by Crippen LogP contribution is -2.24. The van der Waals surface area contributed by atoms with E-state index in [1.807, 2.05) is 18.2 Å². The number of carbonyl (C=O) groups excluding carboxylic acids is 1. The van der Waals surface area contributed by atoms with E-state index in [0.29, 0.717) is 23.1 Å². The van der Waals surface area contributed by atoms with Gasteiger partial charge < -0.3 is 4.74 Å². The molecule has 2 heterocycles. The van der Waals surface area contributed by atoms with Gasteiger partial charge in [0.05, 0.1) is 30.1 Å². The molecule has 172 valence electrons. The summed E-state index contributed by atoms with van der Waals surface area (Å²) in [6, 6.07) is 20.8. The van der Waals surface area contributed by atoms with Gasteiger partial charge in [-0.3, -0.25) is 13.8 Å². The number of nitrogens with zero attached hydrogens (tertiary/aromatic N) is 4. The van der Waals surface area contributed by atoms with E-state index in [0.717, 1.165) is 22.2 Å². The van der Waals surface area contributed by atoms with E-state index < -0.39 is 5.97 Å². The highest BCUT2D eigenvalue weighted by Gasteiger charge is 2.14. The van der Waals surface area contributed by atoms with E-state index in [1.54, 1.807) is 39.6 Å². The van der Waals surface area contributed by atoms with Gasteiger partial charge in [-0.2, -0.15) is 0 Å². The molecule has 0 N–H and O–H groups in total. The molecule has 7 heteroatoms. The average molecular weight is 463 g/mol. The Morgan fingerprint density at radius 2 is 1.74 bits per heavy atom. The van der Waals surface area contributed by atoms with Crippen LogP contribution in [0.2, 0.25) is 0 Å². The van der Waals surface area contributed by atoms with Crippen LogP contribution in [0.25, 0.3) is 16.7 Å². The van der Waals surface area contributed by atoms with E-state index in [-0.39, 0.29) is 12.1 Å². The summed E-state index contributed by atoms with van der Waals surface area (Å²) in [6.45, 7) is 2.34. The Labute approximate surface area is 201 Å². The smallest absolute Gasteiger partial charge is 0.337 e. The van der Waals surface area contributed by atoms with Crippen molar-refractivity contribution in [2.24, 2.45) is 0 Å². The molecular weight excluding hydrogens is 440 g/mol. The summed E-state index contributed by atoms with van der Waals surface area (Å²) in [7, 11) is 1.34. The summed E-state index contributed by atoms with van der Waals surface area (Å²) in [5.41, 5.74) is 4.96. The molecule has 0 aliphatic carbocycles. The first kappa shape index (κ1) is 22.1. The van der Waals surface area contributed by atoms with Crippen LogP contribution in [0, 0.1) is 18.8 Å². The van der Waals surface area contributed by atoms with Gasteiger partial charge in [-0.25, -0.2) is 4.79 Å². The van der Waals surface area contributed by atoms with Gasteiger partial charge in [0.1, 0.15) is 6.33 Å². The first-order valence-electron chi connectivity index (χ1n) is 11.1. The molecule has 0 aliphatic heterocycles. The van der Waals surface area contributed by atoms with Gasteiger partial charge in [0, 0.05) is 12.0 Å². The van der Waals surface area contributed by atoms with Gasteiger partial charge in [-0.05, 0) is 48.4 Å². The number of aromatic nitrogens is 4. The highest BCUT2D eigenvalue weighted by Crippen LogP contribution is 2.16. The fourth-order valence-electron chi connectivity index (χ4n) is 3.96. The summed E-state index contributed by atoms with van der Waals surface area (Å²) in [5, 5.41) is 8.72. The maximum absolute atomic E-state index is 13.5. The molecule has 0 unspecified atom stereocenters. The van der Waals surface area contributed by atoms with Crippen LogP contribution in [0.5, 0.6) is 0 Å². The first-order valence-corrected chi connectivity index (χ1v) is 11.1. The Morgan fingerprint density at radius 3 is 2.49 bits per heavy atom. The van der Waals surface area contributed by atoms with Crippen LogP contribution in [0.4, 0.5) is 0 Å². The number of ether oxygens (including phenoxy) is 1. The van der Waals surface area contributed by atoms with Crippen molar-refractivity contribution in [3.8, 4) is 11.8 Å². The molecule has 0 radical (unpaired) electrons. The maximum atomic E-state index is 13.5. The number of fused-ring (bicyclic) bond motifs is 3. The SMILES string of the molecule is COC(=O)c1ccc(Cn2c(=O)c3cc(C#CCc4ccc(C)cc4)ccc3n3cnnc23)cc1. The summed E-state index contributed by atoms with van der Waals surface area (Å²) in [4.78, 5) is 25.2. The van der Waals surface area contributed by atoms with Gasteiger partial charge in [-0.1, -0.05) is 53.8 Å². The van der Waals surface area contributed by atoms with Gasteiger partial charge in [0.2, 0.25) is 5.78 Å². The van der Waals surface area contributed by atoms with Crippen molar-refractivity contribution in [3.05, 3.63) is 111 Å². The number of rotatable bonds is 4. The minimum atomic E-state index is -0.407. The third kappa shape index (κ3) is 4.42. The zero-order valence-corrected chi connectivity index (χ0v) is 19.4. The third-order valence-corrected chi connectivity index (χ3v) is 5.86. The number of carbonyl (C=O) groups is 1. The molecule has 5 rings (SSSR count). The number of methoxy groups -OCH3 is 1. The van der Waals surface area contributed by atoms with Crippen LogP contribution < -0.4 is 5.56 Å². The largest absolute Gasteiger partial charge is 0.465 e. The van der Waals surface area contributed by atoms with Crippen molar-refractivity contribution in [2.75, 3.05) is 7.11 Å². The Kier molecular flexibility index (Phi) is 5.86. The molecule has 0 spiro atoms. The van der Waals surface area contributed by atoms with Crippen molar-refractivity contribution >= 4 is 22.6 Å². The van der Waals surface area contributed by atoms with Crippen LogP contribution in [-0.4, -0.2) is 32.2 Å². The van der Waals surface area contributed by atoms with Crippen LogP contribution >= 0.6 is 0 Å². The molecule has 0 fully saturated rings. The normalized spacial score (nSPS) is 10.8. The fourth-order valence-corrected chi connectivity index (χ4v) is 3.96.